The summed E-state index contributed by atoms with van der Waals surface area (Å²) >= 11 is 5.93. The van der Waals surface area contributed by atoms with Crippen molar-refractivity contribution < 1.29 is 9.53 Å². The number of benzene rings is 2. The Bertz CT molecular complexity index is 1290. The van der Waals surface area contributed by atoms with Crippen molar-refractivity contribution in [1.29, 1.82) is 0 Å². The van der Waals surface area contributed by atoms with Gasteiger partial charge in [-0.2, -0.15) is 0 Å². The first-order valence-corrected chi connectivity index (χ1v) is 11.3. The number of ether oxygens (including phenoxy) is 1. The molecule has 8 nitrogen and oxygen atoms in total. The fourth-order valence-corrected chi connectivity index (χ4v) is 4.00. The molecule has 1 aromatic heterocycles. The molecule has 0 saturated carbocycles. The van der Waals surface area contributed by atoms with Crippen LogP contribution in [0.3, 0.4) is 0 Å². The number of anilines is 2. The molecule has 1 aliphatic heterocycles. The monoisotopic (exact) mass is 480 g/mol. The molecule has 0 radical (unpaired) electrons. The Morgan fingerprint density at radius 2 is 1.91 bits per heavy atom. The maximum Gasteiger partial charge on any atom is 0.330 e. The van der Waals surface area contributed by atoms with Crippen LogP contribution in [0, 0.1) is 0 Å². The molecule has 0 aliphatic carbocycles. The van der Waals surface area contributed by atoms with Crippen molar-refractivity contribution in [1.82, 2.24) is 9.55 Å². The number of carbonyl (C=O) groups excluding carboxylic acids is 1. The molecule has 34 heavy (non-hydrogen) atoms. The Morgan fingerprint density at radius 3 is 2.59 bits per heavy atom. The van der Waals surface area contributed by atoms with E-state index in [4.69, 9.17) is 22.1 Å². The largest absolute Gasteiger partial charge is 0.383 e. The quantitative estimate of drug-likeness (QED) is 0.505. The van der Waals surface area contributed by atoms with Crippen molar-refractivity contribution >= 4 is 35.1 Å². The summed E-state index contributed by atoms with van der Waals surface area (Å²) in [4.78, 5) is 42.3. The number of amides is 1. The molecule has 1 amide bonds. The molecule has 1 fully saturated rings. The Balaban J connectivity index is 1.72. The highest BCUT2D eigenvalue weighted by Gasteiger charge is 2.27. The number of carbonyl (C=O) groups is 1. The van der Waals surface area contributed by atoms with Gasteiger partial charge in [-0.15, -0.1) is 0 Å². The van der Waals surface area contributed by atoms with Crippen LogP contribution in [-0.4, -0.2) is 34.7 Å². The first-order valence-electron chi connectivity index (χ1n) is 11.0. The highest BCUT2D eigenvalue weighted by Crippen LogP contribution is 2.22. The van der Waals surface area contributed by atoms with Gasteiger partial charge in [-0.3, -0.25) is 24.0 Å². The van der Waals surface area contributed by atoms with Gasteiger partial charge >= 0.3 is 5.69 Å². The van der Waals surface area contributed by atoms with Crippen LogP contribution in [0.25, 0.3) is 6.08 Å². The lowest BCUT2D eigenvalue weighted by molar-refractivity contribution is -0.114. The molecule has 4 rings (SSSR count). The normalized spacial score (nSPS) is 15.6. The maximum atomic E-state index is 13.3. The van der Waals surface area contributed by atoms with Crippen LogP contribution >= 0.6 is 11.6 Å². The number of nitrogens with zero attached hydrogens (tertiary/aromatic N) is 2. The van der Waals surface area contributed by atoms with Crippen LogP contribution in [0.1, 0.15) is 24.0 Å². The second-order valence-corrected chi connectivity index (χ2v) is 8.47. The van der Waals surface area contributed by atoms with Crippen LogP contribution in [0.4, 0.5) is 11.5 Å². The van der Waals surface area contributed by atoms with E-state index in [9.17, 15) is 14.4 Å². The molecule has 0 bridgehead atoms. The summed E-state index contributed by atoms with van der Waals surface area (Å²) in [5, 5.41) is 0.587. The summed E-state index contributed by atoms with van der Waals surface area (Å²) in [6, 6.07) is 16.2. The van der Waals surface area contributed by atoms with Gasteiger partial charge in [0.25, 0.3) is 11.5 Å². The smallest absolute Gasteiger partial charge is 0.330 e. The third-order valence-corrected chi connectivity index (χ3v) is 5.88. The average molecular weight is 481 g/mol. The third-order valence-electron chi connectivity index (χ3n) is 5.63. The molecular formula is C25H25ClN4O4. The summed E-state index contributed by atoms with van der Waals surface area (Å²) in [5.74, 6) is -0.531. The SMILES string of the molecule is Nc1c(N(CC2CCCO2)C(=O)/C=C/c2ccc(Cl)cc2)c(=O)[nH]c(=O)n1Cc1ccccc1. The second kappa shape index (κ2) is 10.5. The average Bonchev–Trinajstić information content (AvgIpc) is 3.34. The molecule has 2 aromatic carbocycles. The van der Waals surface area contributed by atoms with E-state index in [2.05, 4.69) is 4.98 Å². The third kappa shape index (κ3) is 5.47. The van der Waals surface area contributed by atoms with Gasteiger partial charge in [0.1, 0.15) is 5.82 Å². The van der Waals surface area contributed by atoms with E-state index in [-0.39, 0.29) is 30.7 Å². The van der Waals surface area contributed by atoms with Crippen LogP contribution in [0.15, 0.2) is 70.3 Å². The first-order chi connectivity index (χ1) is 16.4. The Kier molecular flexibility index (Phi) is 7.30. The molecular weight excluding hydrogens is 456 g/mol. The standard InChI is InChI=1S/C25H25ClN4O4/c26-19-11-8-17(9-12-19)10-13-21(31)29(16-20-7-4-14-34-20)22-23(27)30(25(33)28-24(22)32)15-18-5-2-1-3-6-18/h1-3,5-6,8-13,20H,4,7,14-16,27H2,(H,28,32,33)/b13-10+. The van der Waals surface area contributed by atoms with Gasteiger partial charge in [0, 0.05) is 17.7 Å². The zero-order chi connectivity index (χ0) is 24.1. The molecule has 3 N–H and O–H groups in total. The van der Waals surface area contributed by atoms with E-state index in [1.807, 2.05) is 30.3 Å². The molecule has 3 aromatic rings. The van der Waals surface area contributed by atoms with Crippen molar-refractivity contribution in [3.05, 3.63) is 97.7 Å². The van der Waals surface area contributed by atoms with Crippen molar-refractivity contribution in [3.8, 4) is 0 Å². The predicted octanol–water partition coefficient (Wildman–Crippen LogP) is 3.05. The minimum Gasteiger partial charge on any atom is -0.383 e. The van der Waals surface area contributed by atoms with Gasteiger partial charge in [0.2, 0.25) is 0 Å². The Labute approximate surface area is 201 Å². The number of aromatic nitrogens is 2. The summed E-state index contributed by atoms with van der Waals surface area (Å²) in [6.07, 6.45) is 4.38. The lowest BCUT2D eigenvalue weighted by Crippen LogP contribution is -2.43. The van der Waals surface area contributed by atoms with Gasteiger partial charge in [-0.25, -0.2) is 4.79 Å². The Morgan fingerprint density at radius 1 is 1.18 bits per heavy atom. The molecule has 1 saturated heterocycles. The number of rotatable bonds is 7. The second-order valence-electron chi connectivity index (χ2n) is 8.03. The van der Waals surface area contributed by atoms with E-state index in [1.165, 1.54) is 15.5 Å². The summed E-state index contributed by atoms with van der Waals surface area (Å²) in [6.45, 7) is 0.880. The van der Waals surface area contributed by atoms with Gasteiger partial charge in [0.05, 0.1) is 19.2 Å². The van der Waals surface area contributed by atoms with Crippen LogP contribution < -0.4 is 21.9 Å². The van der Waals surface area contributed by atoms with E-state index in [0.717, 1.165) is 24.0 Å². The molecule has 9 heteroatoms. The number of nitrogens with two attached hydrogens (primary N) is 1. The first kappa shape index (κ1) is 23.5. The predicted molar refractivity (Wildman–Crippen MR) is 133 cm³/mol. The highest BCUT2D eigenvalue weighted by atomic mass is 35.5. The molecule has 1 unspecified atom stereocenters. The molecule has 0 spiro atoms. The van der Waals surface area contributed by atoms with E-state index < -0.39 is 17.2 Å². The number of halogens is 1. The van der Waals surface area contributed by atoms with Crippen LogP contribution in [0.2, 0.25) is 5.02 Å². The lowest BCUT2D eigenvalue weighted by atomic mass is 10.2. The van der Waals surface area contributed by atoms with Crippen LogP contribution in [0.5, 0.6) is 0 Å². The van der Waals surface area contributed by atoms with Crippen molar-refractivity contribution in [2.45, 2.75) is 25.5 Å². The Hall–Kier alpha value is -3.62. The molecule has 176 valence electrons. The van der Waals surface area contributed by atoms with Crippen molar-refractivity contribution in [2.24, 2.45) is 0 Å². The van der Waals surface area contributed by atoms with Gasteiger partial charge in [-0.1, -0.05) is 54.1 Å². The van der Waals surface area contributed by atoms with Gasteiger partial charge in [-0.05, 0) is 42.2 Å². The summed E-state index contributed by atoms with van der Waals surface area (Å²) in [7, 11) is 0. The fourth-order valence-electron chi connectivity index (χ4n) is 3.88. The van der Waals surface area contributed by atoms with E-state index in [1.54, 1.807) is 30.3 Å². The number of hydrogen-bond acceptors (Lipinski definition) is 5. The van der Waals surface area contributed by atoms with Crippen molar-refractivity contribution in [2.75, 3.05) is 23.8 Å². The number of nitrogen functional groups attached to an aromatic ring is 1. The summed E-state index contributed by atoms with van der Waals surface area (Å²) < 4.78 is 6.96. The van der Waals surface area contributed by atoms with E-state index >= 15 is 0 Å². The number of hydrogen-bond donors (Lipinski definition) is 2. The zero-order valence-electron chi connectivity index (χ0n) is 18.4. The fraction of sp³-hybridized carbons (Fsp3) is 0.240. The lowest BCUT2D eigenvalue weighted by Gasteiger charge is -2.25. The topological polar surface area (TPSA) is 110 Å². The van der Waals surface area contributed by atoms with Gasteiger partial charge < -0.3 is 10.5 Å². The molecule has 1 atom stereocenters. The highest BCUT2D eigenvalue weighted by molar-refractivity contribution is 6.30. The molecule has 2 heterocycles. The number of H-pyrrole nitrogens is 1. The number of aromatic amines is 1. The van der Waals surface area contributed by atoms with Crippen molar-refractivity contribution in [3.63, 3.8) is 0 Å². The molecule has 1 aliphatic rings. The van der Waals surface area contributed by atoms with E-state index in [0.29, 0.717) is 11.6 Å². The van der Waals surface area contributed by atoms with Crippen LogP contribution in [-0.2, 0) is 16.1 Å². The maximum absolute atomic E-state index is 13.3. The summed E-state index contributed by atoms with van der Waals surface area (Å²) in [5.41, 5.74) is 6.50. The minimum atomic E-state index is -0.724. The van der Waals surface area contributed by atoms with Gasteiger partial charge in [0.15, 0.2) is 5.69 Å². The minimum absolute atomic E-state index is 0.0724. The zero-order valence-corrected chi connectivity index (χ0v) is 19.2. The number of nitrogens with one attached hydrogen (secondary N) is 1.